The number of hydrogen-bond donors (Lipinski definition) is 0. The maximum atomic E-state index is 4.18. The maximum Gasteiger partial charge on any atom is 0.0653 e. The molecule has 0 radical (unpaired) electrons. The van der Waals surface area contributed by atoms with Crippen LogP contribution in [0.15, 0.2) is 22.5 Å². The lowest BCUT2D eigenvalue weighted by molar-refractivity contribution is 1.09. The van der Waals surface area contributed by atoms with E-state index in [1.54, 1.807) is 11.3 Å². The van der Waals surface area contributed by atoms with Crippen molar-refractivity contribution in [1.29, 1.82) is 0 Å². The molecule has 0 atom stereocenters. The molecule has 0 saturated carbocycles. The highest BCUT2D eigenvalue weighted by Gasteiger charge is 2.00. The zero-order valence-corrected chi connectivity index (χ0v) is 6.27. The smallest absolute Gasteiger partial charge is 0.0653 e. The quantitative estimate of drug-likeness (QED) is 0.537. The molecule has 1 aromatic heterocycles. The predicted octanol–water partition coefficient (Wildman–Crippen LogP) is 2.35. The first-order valence-corrected chi connectivity index (χ1v) is 4.07. The minimum atomic E-state index is 0.839. The standard InChI is InChI=1S/C8H7NS/c1-2-8-7(3-5-10-8)6-9-4-1/h1-5H,6H2. The van der Waals surface area contributed by atoms with Crippen molar-refractivity contribution in [3.63, 3.8) is 0 Å². The van der Waals surface area contributed by atoms with E-state index in [4.69, 9.17) is 0 Å². The van der Waals surface area contributed by atoms with E-state index in [1.165, 1.54) is 10.4 Å². The maximum absolute atomic E-state index is 4.18. The highest BCUT2D eigenvalue weighted by molar-refractivity contribution is 7.11. The number of aliphatic imine (C=N–C) groups is 1. The van der Waals surface area contributed by atoms with E-state index in [9.17, 15) is 0 Å². The van der Waals surface area contributed by atoms with Gasteiger partial charge < -0.3 is 0 Å². The second-order valence-corrected chi connectivity index (χ2v) is 3.11. The Morgan fingerprint density at radius 3 is 3.50 bits per heavy atom. The molecule has 0 aromatic carbocycles. The Kier molecular flexibility index (Phi) is 1.40. The average Bonchev–Trinajstić information content (AvgIpc) is 2.28. The zero-order valence-electron chi connectivity index (χ0n) is 5.45. The Hall–Kier alpha value is -0.890. The Labute approximate surface area is 63.7 Å². The van der Waals surface area contributed by atoms with Gasteiger partial charge in [0.2, 0.25) is 0 Å². The first kappa shape index (κ1) is 5.86. The minimum Gasteiger partial charge on any atom is -0.288 e. The molecule has 0 bridgehead atoms. The molecule has 2 rings (SSSR count). The Morgan fingerprint density at radius 1 is 1.50 bits per heavy atom. The monoisotopic (exact) mass is 149 g/mol. The Bertz CT molecular complexity index is 283. The van der Waals surface area contributed by atoms with Crippen molar-refractivity contribution >= 4 is 23.6 Å². The van der Waals surface area contributed by atoms with E-state index in [2.05, 4.69) is 22.5 Å². The highest BCUT2D eigenvalue weighted by atomic mass is 32.1. The lowest BCUT2D eigenvalue weighted by atomic mass is 10.2. The third-order valence-electron chi connectivity index (χ3n) is 1.48. The van der Waals surface area contributed by atoms with Crippen LogP contribution in [0.5, 0.6) is 0 Å². The number of nitrogens with zero attached hydrogens (tertiary/aromatic N) is 1. The van der Waals surface area contributed by atoms with Crippen LogP contribution in [0, 0.1) is 0 Å². The summed E-state index contributed by atoms with van der Waals surface area (Å²) in [5, 5.41) is 2.11. The van der Waals surface area contributed by atoms with Crippen LogP contribution < -0.4 is 0 Å². The first-order valence-electron chi connectivity index (χ1n) is 3.20. The zero-order chi connectivity index (χ0) is 6.81. The molecule has 1 nitrogen and oxygen atoms in total. The third kappa shape index (κ3) is 0.907. The van der Waals surface area contributed by atoms with Gasteiger partial charge in [0, 0.05) is 11.1 Å². The van der Waals surface area contributed by atoms with Gasteiger partial charge in [0.05, 0.1) is 6.54 Å². The van der Waals surface area contributed by atoms with Crippen molar-refractivity contribution in [2.45, 2.75) is 6.54 Å². The molecule has 10 heavy (non-hydrogen) atoms. The summed E-state index contributed by atoms with van der Waals surface area (Å²) in [6, 6.07) is 2.13. The fourth-order valence-electron chi connectivity index (χ4n) is 0.967. The number of fused-ring (bicyclic) bond motifs is 1. The summed E-state index contributed by atoms with van der Waals surface area (Å²) >= 11 is 1.77. The van der Waals surface area contributed by atoms with Gasteiger partial charge in [0.15, 0.2) is 0 Å². The van der Waals surface area contributed by atoms with Crippen molar-refractivity contribution in [3.05, 3.63) is 28.0 Å². The molecule has 1 aliphatic rings. The number of allylic oxidation sites excluding steroid dienone is 1. The van der Waals surface area contributed by atoms with Crippen molar-refractivity contribution < 1.29 is 0 Å². The lowest BCUT2D eigenvalue weighted by Crippen LogP contribution is -1.75. The molecule has 0 N–H and O–H groups in total. The SMILES string of the molecule is C1=Cc2sccc2CN=C1. The van der Waals surface area contributed by atoms with Crippen molar-refractivity contribution in [1.82, 2.24) is 0 Å². The van der Waals surface area contributed by atoms with E-state index in [0.717, 1.165) is 6.54 Å². The van der Waals surface area contributed by atoms with Crippen molar-refractivity contribution in [2.75, 3.05) is 0 Å². The molecule has 0 saturated heterocycles. The van der Waals surface area contributed by atoms with E-state index in [1.807, 2.05) is 12.3 Å². The van der Waals surface area contributed by atoms with Crippen molar-refractivity contribution in [3.8, 4) is 0 Å². The fourth-order valence-corrected chi connectivity index (χ4v) is 1.79. The van der Waals surface area contributed by atoms with Crippen LogP contribution in [0.3, 0.4) is 0 Å². The van der Waals surface area contributed by atoms with Crippen LogP contribution in [0.1, 0.15) is 10.4 Å². The average molecular weight is 149 g/mol. The van der Waals surface area contributed by atoms with E-state index >= 15 is 0 Å². The molecule has 0 aliphatic carbocycles. The summed E-state index contributed by atoms with van der Waals surface area (Å²) in [6.45, 7) is 0.839. The Balaban J connectivity index is 2.50. The lowest BCUT2D eigenvalue weighted by Gasteiger charge is -1.88. The molecule has 0 amide bonds. The Morgan fingerprint density at radius 2 is 2.50 bits per heavy atom. The van der Waals surface area contributed by atoms with Crippen LogP contribution in [-0.4, -0.2) is 6.21 Å². The topological polar surface area (TPSA) is 12.4 Å². The summed E-state index contributed by atoms with van der Waals surface area (Å²) in [7, 11) is 0. The fraction of sp³-hybridized carbons (Fsp3) is 0.125. The van der Waals surface area contributed by atoms with Gasteiger partial charge >= 0.3 is 0 Å². The molecular weight excluding hydrogens is 142 g/mol. The number of thiophene rings is 1. The molecule has 1 aliphatic heterocycles. The molecule has 2 heterocycles. The third-order valence-corrected chi connectivity index (χ3v) is 2.41. The van der Waals surface area contributed by atoms with E-state index < -0.39 is 0 Å². The predicted molar refractivity (Wildman–Crippen MR) is 45.5 cm³/mol. The molecule has 50 valence electrons. The van der Waals surface area contributed by atoms with Gasteiger partial charge in [-0.1, -0.05) is 0 Å². The van der Waals surface area contributed by atoms with Crippen LogP contribution >= 0.6 is 11.3 Å². The number of hydrogen-bond acceptors (Lipinski definition) is 2. The molecule has 2 heteroatoms. The van der Waals surface area contributed by atoms with Gasteiger partial charge in [-0.05, 0) is 29.2 Å². The van der Waals surface area contributed by atoms with Gasteiger partial charge in [-0.3, -0.25) is 4.99 Å². The van der Waals surface area contributed by atoms with Crippen molar-refractivity contribution in [2.24, 2.45) is 4.99 Å². The summed E-state index contributed by atoms with van der Waals surface area (Å²) in [5.74, 6) is 0. The molecule has 0 unspecified atom stereocenters. The van der Waals surface area contributed by atoms with Crippen LogP contribution in [0.2, 0.25) is 0 Å². The second-order valence-electron chi connectivity index (χ2n) is 2.16. The summed E-state index contributed by atoms with van der Waals surface area (Å²) in [4.78, 5) is 5.52. The van der Waals surface area contributed by atoms with E-state index in [-0.39, 0.29) is 0 Å². The molecule has 0 spiro atoms. The van der Waals surface area contributed by atoms with Gasteiger partial charge in [-0.15, -0.1) is 11.3 Å². The number of rotatable bonds is 0. The van der Waals surface area contributed by atoms with Gasteiger partial charge in [-0.2, -0.15) is 0 Å². The van der Waals surface area contributed by atoms with Gasteiger partial charge in [0.1, 0.15) is 0 Å². The molecule has 1 aromatic rings. The van der Waals surface area contributed by atoms with Gasteiger partial charge in [-0.25, -0.2) is 0 Å². The minimum absolute atomic E-state index is 0.839. The molecular formula is C8H7NS. The molecule has 0 fully saturated rings. The van der Waals surface area contributed by atoms with Crippen LogP contribution in [0.4, 0.5) is 0 Å². The normalized spacial score (nSPS) is 14.8. The first-order chi connectivity index (χ1) is 4.97. The summed E-state index contributed by atoms with van der Waals surface area (Å²) < 4.78 is 0. The summed E-state index contributed by atoms with van der Waals surface area (Å²) in [6.07, 6.45) is 5.95. The summed E-state index contributed by atoms with van der Waals surface area (Å²) in [5.41, 5.74) is 1.34. The van der Waals surface area contributed by atoms with Crippen LogP contribution in [0.25, 0.3) is 6.08 Å². The largest absolute Gasteiger partial charge is 0.288 e. The van der Waals surface area contributed by atoms with Crippen LogP contribution in [-0.2, 0) is 6.54 Å². The second kappa shape index (κ2) is 2.39. The van der Waals surface area contributed by atoms with E-state index in [0.29, 0.717) is 0 Å². The van der Waals surface area contributed by atoms with Gasteiger partial charge in [0.25, 0.3) is 0 Å². The highest BCUT2D eigenvalue weighted by Crippen LogP contribution is 2.20.